The fourth-order valence-electron chi connectivity index (χ4n) is 2.42. The van der Waals surface area contributed by atoms with Crippen LogP contribution >= 0.6 is 11.3 Å². The zero-order valence-corrected chi connectivity index (χ0v) is 9.68. The van der Waals surface area contributed by atoms with Gasteiger partial charge in [0.1, 0.15) is 0 Å². The maximum atomic E-state index is 9.65. The molecule has 3 atom stereocenters. The molecule has 2 rings (SSSR count). The van der Waals surface area contributed by atoms with E-state index in [9.17, 15) is 5.11 Å². The average molecular weight is 210 g/mol. The van der Waals surface area contributed by atoms with Crippen LogP contribution in [0.5, 0.6) is 0 Å². The molecule has 0 radical (unpaired) electrons. The summed E-state index contributed by atoms with van der Waals surface area (Å²) in [6, 6.07) is 2.28. The van der Waals surface area contributed by atoms with Crippen LogP contribution in [-0.2, 0) is 6.42 Å². The van der Waals surface area contributed by atoms with Crippen LogP contribution in [0.3, 0.4) is 0 Å². The lowest BCUT2D eigenvalue weighted by Crippen LogP contribution is -2.16. The molecule has 14 heavy (non-hydrogen) atoms. The molecule has 0 spiro atoms. The Labute approximate surface area is 89.8 Å². The van der Waals surface area contributed by atoms with E-state index in [-0.39, 0.29) is 6.10 Å². The van der Waals surface area contributed by atoms with E-state index in [1.807, 2.05) is 11.3 Å². The third kappa shape index (κ3) is 2.01. The van der Waals surface area contributed by atoms with Gasteiger partial charge in [-0.1, -0.05) is 6.92 Å². The maximum Gasteiger partial charge on any atom is 0.0568 e. The molecule has 0 saturated heterocycles. The molecule has 0 aromatic carbocycles. The summed E-state index contributed by atoms with van der Waals surface area (Å²) in [5.74, 6) is 1.18. The summed E-state index contributed by atoms with van der Waals surface area (Å²) in [4.78, 5) is 1.39. The van der Waals surface area contributed by atoms with Crippen molar-refractivity contribution in [2.75, 3.05) is 0 Å². The van der Waals surface area contributed by atoms with E-state index in [2.05, 4.69) is 25.3 Å². The van der Waals surface area contributed by atoms with Crippen LogP contribution < -0.4 is 0 Å². The smallest absolute Gasteiger partial charge is 0.0568 e. The molecule has 0 amide bonds. The Kier molecular flexibility index (Phi) is 2.93. The quantitative estimate of drug-likeness (QED) is 0.795. The van der Waals surface area contributed by atoms with Gasteiger partial charge in [0.15, 0.2) is 0 Å². The minimum absolute atomic E-state index is 0.0558. The van der Waals surface area contributed by atoms with Crippen LogP contribution in [0.4, 0.5) is 0 Å². The highest BCUT2D eigenvalue weighted by Crippen LogP contribution is 2.34. The van der Waals surface area contributed by atoms with Crippen molar-refractivity contribution in [3.63, 3.8) is 0 Å². The molecule has 1 aliphatic carbocycles. The number of aliphatic hydroxyl groups is 1. The molecule has 1 nitrogen and oxygen atoms in total. The third-order valence-corrected chi connectivity index (χ3v) is 4.38. The molecule has 78 valence electrons. The van der Waals surface area contributed by atoms with E-state index < -0.39 is 0 Å². The lowest BCUT2D eigenvalue weighted by Gasteiger charge is -2.16. The van der Waals surface area contributed by atoms with Crippen molar-refractivity contribution >= 4 is 11.3 Å². The van der Waals surface area contributed by atoms with Gasteiger partial charge >= 0.3 is 0 Å². The summed E-state index contributed by atoms with van der Waals surface area (Å²) >= 11 is 1.83. The van der Waals surface area contributed by atoms with Crippen molar-refractivity contribution < 1.29 is 5.11 Å². The number of hydrogen-bond acceptors (Lipinski definition) is 2. The van der Waals surface area contributed by atoms with Crippen LogP contribution in [0, 0.1) is 18.8 Å². The minimum atomic E-state index is -0.0558. The number of hydrogen-bond donors (Lipinski definition) is 1. The Morgan fingerprint density at radius 1 is 1.50 bits per heavy atom. The molecule has 1 aromatic rings. The Hall–Kier alpha value is -0.340. The van der Waals surface area contributed by atoms with Gasteiger partial charge in [0.2, 0.25) is 0 Å². The summed E-state index contributed by atoms with van der Waals surface area (Å²) in [6.45, 7) is 4.34. The first-order chi connectivity index (χ1) is 6.66. The molecular formula is C12H18OS. The summed E-state index contributed by atoms with van der Waals surface area (Å²) in [5.41, 5.74) is 1.46. The van der Waals surface area contributed by atoms with Crippen molar-refractivity contribution in [1.82, 2.24) is 0 Å². The van der Waals surface area contributed by atoms with Crippen LogP contribution in [0.2, 0.25) is 0 Å². The zero-order valence-electron chi connectivity index (χ0n) is 8.86. The second-order valence-corrected chi connectivity index (χ2v) is 5.65. The number of rotatable bonds is 2. The normalized spacial score (nSPS) is 32.4. The lowest BCUT2D eigenvalue weighted by atomic mass is 9.91. The first-order valence-electron chi connectivity index (χ1n) is 5.39. The molecule has 1 aliphatic rings. The summed E-state index contributed by atoms with van der Waals surface area (Å²) in [5, 5.41) is 11.9. The van der Waals surface area contributed by atoms with Gasteiger partial charge in [-0.05, 0) is 55.0 Å². The van der Waals surface area contributed by atoms with E-state index in [1.54, 1.807) is 0 Å². The molecule has 0 aliphatic heterocycles. The van der Waals surface area contributed by atoms with Crippen molar-refractivity contribution in [3.8, 4) is 0 Å². The van der Waals surface area contributed by atoms with Gasteiger partial charge < -0.3 is 5.11 Å². The Balaban J connectivity index is 1.98. The van der Waals surface area contributed by atoms with Crippen molar-refractivity contribution in [3.05, 3.63) is 21.9 Å². The molecule has 2 heteroatoms. The largest absolute Gasteiger partial charge is 0.393 e. The van der Waals surface area contributed by atoms with Gasteiger partial charge in [-0.25, -0.2) is 0 Å². The standard InChI is InChI=1S/C12H18OS/c1-8-5-10(7-14-8)6-11-3-4-12(13)9(11)2/h5,7,9,11-13H,3-4,6H2,1-2H3. The summed E-state index contributed by atoms with van der Waals surface area (Å²) in [7, 11) is 0. The van der Waals surface area contributed by atoms with E-state index >= 15 is 0 Å². The van der Waals surface area contributed by atoms with Crippen LogP contribution in [0.25, 0.3) is 0 Å². The van der Waals surface area contributed by atoms with Crippen LogP contribution in [0.15, 0.2) is 11.4 Å². The van der Waals surface area contributed by atoms with Gasteiger partial charge in [0, 0.05) is 4.88 Å². The molecule has 1 fully saturated rings. The Morgan fingerprint density at radius 3 is 2.79 bits per heavy atom. The molecule has 1 heterocycles. The first-order valence-corrected chi connectivity index (χ1v) is 6.27. The average Bonchev–Trinajstić information content (AvgIpc) is 2.67. The molecular weight excluding hydrogens is 192 g/mol. The monoisotopic (exact) mass is 210 g/mol. The predicted octanol–water partition coefficient (Wildman–Crippen LogP) is 3.01. The fraction of sp³-hybridized carbons (Fsp3) is 0.667. The zero-order chi connectivity index (χ0) is 10.1. The number of aliphatic hydroxyl groups excluding tert-OH is 1. The minimum Gasteiger partial charge on any atom is -0.393 e. The van der Waals surface area contributed by atoms with Crippen molar-refractivity contribution in [1.29, 1.82) is 0 Å². The number of thiophene rings is 1. The summed E-state index contributed by atoms with van der Waals surface area (Å²) < 4.78 is 0. The van der Waals surface area contributed by atoms with E-state index in [1.165, 1.54) is 16.9 Å². The highest BCUT2D eigenvalue weighted by atomic mass is 32.1. The summed E-state index contributed by atoms with van der Waals surface area (Å²) in [6.07, 6.45) is 3.29. The molecule has 1 N–H and O–H groups in total. The first kappa shape index (κ1) is 10.2. The van der Waals surface area contributed by atoms with E-state index in [4.69, 9.17) is 0 Å². The highest BCUT2D eigenvalue weighted by Gasteiger charge is 2.31. The van der Waals surface area contributed by atoms with Crippen molar-refractivity contribution in [2.24, 2.45) is 11.8 Å². The molecule has 3 unspecified atom stereocenters. The predicted molar refractivity (Wildman–Crippen MR) is 60.7 cm³/mol. The van der Waals surface area contributed by atoms with Gasteiger partial charge in [-0.3, -0.25) is 0 Å². The van der Waals surface area contributed by atoms with Gasteiger partial charge in [-0.15, -0.1) is 11.3 Å². The SMILES string of the molecule is Cc1cc(CC2CCC(O)C2C)cs1. The second kappa shape index (κ2) is 4.03. The van der Waals surface area contributed by atoms with E-state index in [0.717, 1.165) is 12.8 Å². The topological polar surface area (TPSA) is 20.2 Å². The van der Waals surface area contributed by atoms with Gasteiger partial charge in [0.25, 0.3) is 0 Å². The Morgan fingerprint density at radius 2 is 2.29 bits per heavy atom. The number of aryl methyl sites for hydroxylation is 1. The third-order valence-electron chi connectivity index (χ3n) is 3.47. The highest BCUT2D eigenvalue weighted by molar-refractivity contribution is 7.10. The van der Waals surface area contributed by atoms with Crippen LogP contribution in [0.1, 0.15) is 30.2 Å². The lowest BCUT2D eigenvalue weighted by molar-refractivity contribution is 0.127. The van der Waals surface area contributed by atoms with Gasteiger partial charge in [0.05, 0.1) is 6.10 Å². The molecule has 1 aromatic heterocycles. The Bertz CT molecular complexity index is 305. The molecule has 1 saturated carbocycles. The van der Waals surface area contributed by atoms with E-state index in [0.29, 0.717) is 11.8 Å². The maximum absolute atomic E-state index is 9.65. The van der Waals surface area contributed by atoms with Crippen molar-refractivity contribution in [2.45, 2.75) is 39.2 Å². The molecule has 0 bridgehead atoms. The van der Waals surface area contributed by atoms with Crippen LogP contribution in [-0.4, -0.2) is 11.2 Å². The fourth-order valence-corrected chi connectivity index (χ4v) is 3.14. The second-order valence-electron chi connectivity index (χ2n) is 4.53. The van der Waals surface area contributed by atoms with Gasteiger partial charge in [-0.2, -0.15) is 0 Å².